The third kappa shape index (κ3) is 5.39. The van der Waals surface area contributed by atoms with Crippen molar-refractivity contribution in [2.45, 2.75) is 19.9 Å². The minimum absolute atomic E-state index is 0.130. The van der Waals surface area contributed by atoms with Crippen molar-refractivity contribution in [1.29, 1.82) is 0 Å². The molecule has 0 aliphatic rings. The molecule has 2 aromatic carbocycles. The molecule has 27 heavy (non-hydrogen) atoms. The lowest BCUT2D eigenvalue weighted by atomic mass is 10.1. The number of hydrogen-bond donors (Lipinski definition) is 1. The zero-order valence-corrected chi connectivity index (χ0v) is 16.0. The molecule has 1 aromatic heterocycles. The van der Waals surface area contributed by atoms with Crippen molar-refractivity contribution >= 4 is 23.2 Å². The first-order chi connectivity index (χ1) is 13.0. The molecule has 140 valence electrons. The number of carbonyl (C=O) groups excluding carboxylic acids is 1. The number of nitrogens with zero attached hydrogens (tertiary/aromatic N) is 3. The number of rotatable bonds is 7. The number of halogens is 1. The normalized spacial score (nSPS) is 11.0. The Hall–Kier alpha value is -2.70. The van der Waals surface area contributed by atoms with E-state index in [1.165, 1.54) is 5.56 Å². The van der Waals surface area contributed by atoms with Crippen molar-refractivity contribution in [1.82, 2.24) is 15.0 Å². The van der Waals surface area contributed by atoms with Crippen LogP contribution in [-0.2, 0) is 17.8 Å². The van der Waals surface area contributed by atoms with E-state index in [2.05, 4.69) is 34.5 Å². The van der Waals surface area contributed by atoms with Gasteiger partial charge in [0.25, 0.3) is 0 Å². The summed E-state index contributed by atoms with van der Waals surface area (Å²) in [4.78, 5) is 18.4. The third-order valence-corrected chi connectivity index (χ3v) is 4.29. The number of benzene rings is 2. The van der Waals surface area contributed by atoms with Gasteiger partial charge in [-0.1, -0.05) is 47.9 Å². The summed E-state index contributed by atoms with van der Waals surface area (Å²) < 4.78 is 5.31. The lowest BCUT2D eigenvalue weighted by molar-refractivity contribution is -0.117. The Kier molecular flexibility index (Phi) is 6.21. The van der Waals surface area contributed by atoms with E-state index in [0.29, 0.717) is 29.0 Å². The van der Waals surface area contributed by atoms with Gasteiger partial charge in [0.1, 0.15) is 0 Å². The van der Waals surface area contributed by atoms with Crippen molar-refractivity contribution in [3.05, 3.63) is 65.0 Å². The second kappa shape index (κ2) is 8.79. The van der Waals surface area contributed by atoms with E-state index < -0.39 is 0 Å². The maximum atomic E-state index is 12.1. The Morgan fingerprint density at radius 2 is 1.85 bits per heavy atom. The first kappa shape index (κ1) is 19.1. The highest BCUT2D eigenvalue weighted by Gasteiger charge is 2.13. The molecule has 0 saturated carbocycles. The molecule has 3 aromatic rings. The average molecular weight is 385 g/mol. The highest BCUT2D eigenvalue weighted by atomic mass is 35.5. The predicted molar refractivity (Wildman–Crippen MR) is 106 cm³/mol. The van der Waals surface area contributed by atoms with Crippen LogP contribution >= 0.6 is 11.6 Å². The zero-order chi connectivity index (χ0) is 19.2. The minimum atomic E-state index is -0.130. The molecule has 7 heteroatoms. The van der Waals surface area contributed by atoms with E-state index in [4.69, 9.17) is 16.1 Å². The van der Waals surface area contributed by atoms with E-state index in [0.717, 1.165) is 12.0 Å². The Balaban J connectivity index is 1.54. The molecule has 1 heterocycles. The van der Waals surface area contributed by atoms with E-state index in [1.54, 1.807) is 24.3 Å². The van der Waals surface area contributed by atoms with Crippen molar-refractivity contribution in [3.8, 4) is 11.4 Å². The Labute approximate surface area is 163 Å². The number of anilines is 1. The fraction of sp³-hybridized carbons (Fsp3) is 0.250. The first-order valence-corrected chi connectivity index (χ1v) is 9.07. The largest absolute Gasteiger partial charge is 0.338 e. The summed E-state index contributed by atoms with van der Waals surface area (Å²) in [6.07, 6.45) is 0.987. The first-order valence-electron chi connectivity index (χ1n) is 8.69. The molecule has 6 nitrogen and oxygen atoms in total. The summed E-state index contributed by atoms with van der Waals surface area (Å²) >= 11 is 5.84. The summed E-state index contributed by atoms with van der Waals surface area (Å²) in [7, 11) is 1.82. The van der Waals surface area contributed by atoms with Gasteiger partial charge in [-0.25, -0.2) is 0 Å². The van der Waals surface area contributed by atoms with E-state index in [-0.39, 0.29) is 12.5 Å². The molecule has 0 aliphatic heterocycles. The van der Waals surface area contributed by atoms with Gasteiger partial charge < -0.3 is 9.84 Å². The van der Waals surface area contributed by atoms with E-state index >= 15 is 0 Å². The SMILES string of the molecule is CCc1ccc(-c2noc(CN(C)CC(=O)Nc3ccc(Cl)cc3)n2)cc1. The molecule has 0 fully saturated rings. The number of nitrogens with one attached hydrogen (secondary N) is 1. The number of amides is 1. The maximum Gasteiger partial charge on any atom is 0.241 e. The van der Waals surface area contributed by atoms with Crippen molar-refractivity contribution in [2.24, 2.45) is 0 Å². The van der Waals surface area contributed by atoms with Crippen LogP contribution in [0.25, 0.3) is 11.4 Å². The average Bonchev–Trinajstić information content (AvgIpc) is 3.12. The van der Waals surface area contributed by atoms with Gasteiger partial charge in [-0.05, 0) is 43.3 Å². The second-order valence-corrected chi connectivity index (χ2v) is 6.73. The smallest absolute Gasteiger partial charge is 0.241 e. The number of aryl methyl sites for hydroxylation is 1. The second-order valence-electron chi connectivity index (χ2n) is 6.29. The highest BCUT2D eigenvalue weighted by Crippen LogP contribution is 2.17. The summed E-state index contributed by atoms with van der Waals surface area (Å²) in [6.45, 7) is 2.69. The Bertz CT molecular complexity index is 891. The van der Waals surface area contributed by atoms with Crippen LogP contribution in [0.2, 0.25) is 5.02 Å². The Morgan fingerprint density at radius 3 is 2.52 bits per heavy atom. The minimum Gasteiger partial charge on any atom is -0.338 e. The van der Waals surface area contributed by atoms with Crippen LogP contribution in [0, 0.1) is 0 Å². The van der Waals surface area contributed by atoms with E-state index in [9.17, 15) is 4.79 Å². The lowest BCUT2D eigenvalue weighted by Crippen LogP contribution is -2.29. The van der Waals surface area contributed by atoms with Crippen molar-refractivity contribution in [3.63, 3.8) is 0 Å². The quantitative estimate of drug-likeness (QED) is 0.666. The number of likely N-dealkylation sites (N-methyl/N-ethyl adjacent to an activating group) is 1. The van der Waals surface area contributed by atoms with Gasteiger partial charge in [-0.3, -0.25) is 9.69 Å². The predicted octanol–water partition coefficient (Wildman–Crippen LogP) is 4.02. The van der Waals surface area contributed by atoms with E-state index in [1.807, 2.05) is 24.1 Å². The topological polar surface area (TPSA) is 71.3 Å². The van der Waals surface area contributed by atoms with Crippen molar-refractivity contribution in [2.75, 3.05) is 18.9 Å². The maximum absolute atomic E-state index is 12.1. The molecule has 3 rings (SSSR count). The van der Waals surface area contributed by atoms with Crippen molar-refractivity contribution < 1.29 is 9.32 Å². The van der Waals surface area contributed by atoms with Crippen LogP contribution in [0.15, 0.2) is 53.1 Å². The molecule has 0 radical (unpaired) electrons. The molecule has 1 N–H and O–H groups in total. The van der Waals surface area contributed by atoms with Crippen LogP contribution in [0.4, 0.5) is 5.69 Å². The monoisotopic (exact) mass is 384 g/mol. The zero-order valence-electron chi connectivity index (χ0n) is 15.3. The molecule has 0 bridgehead atoms. The highest BCUT2D eigenvalue weighted by molar-refractivity contribution is 6.30. The standard InChI is InChI=1S/C20H21ClN4O2/c1-3-14-4-6-15(7-5-14)20-23-19(27-24-20)13-25(2)12-18(26)22-17-10-8-16(21)9-11-17/h4-11H,3,12-13H2,1-2H3,(H,22,26). The third-order valence-electron chi connectivity index (χ3n) is 4.04. The molecular formula is C20H21ClN4O2. The van der Waals surface area contributed by atoms with Gasteiger partial charge in [0, 0.05) is 16.3 Å². The molecule has 0 saturated heterocycles. The number of aromatic nitrogens is 2. The number of carbonyl (C=O) groups is 1. The van der Waals surface area contributed by atoms with Crippen LogP contribution in [-0.4, -0.2) is 34.5 Å². The molecule has 0 unspecified atom stereocenters. The Morgan fingerprint density at radius 1 is 1.15 bits per heavy atom. The molecule has 1 amide bonds. The van der Waals surface area contributed by atoms with Gasteiger partial charge in [-0.15, -0.1) is 0 Å². The van der Waals surface area contributed by atoms with Crippen LogP contribution in [0.3, 0.4) is 0 Å². The van der Waals surface area contributed by atoms with Crippen LogP contribution < -0.4 is 5.32 Å². The van der Waals surface area contributed by atoms with Gasteiger partial charge in [0.05, 0.1) is 13.1 Å². The fourth-order valence-electron chi connectivity index (χ4n) is 2.59. The summed E-state index contributed by atoms with van der Waals surface area (Å²) in [5.41, 5.74) is 2.87. The van der Waals surface area contributed by atoms with Crippen LogP contribution in [0.1, 0.15) is 18.4 Å². The van der Waals surface area contributed by atoms with Gasteiger partial charge in [-0.2, -0.15) is 4.98 Å². The number of hydrogen-bond acceptors (Lipinski definition) is 5. The summed E-state index contributed by atoms with van der Waals surface area (Å²) in [5, 5.41) is 7.47. The van der Waals surface area contributed by atoms with Gasteiger partial charge in [0.15, 0.2) is 0 Å². The van der Waals surface area contributed by atoms with Crippen LogP contribution in [0.5, 0.6) is 0 Å². The fourth-order valence-corrected chi connectivity index (χ4v) is 2.72. The summed E-state index contributed by atoms with van der Waals surface area (Å²) in [6, 6.07) is 15.1. The molecule has 0 spiro atoms. The molecular weight excluding hydrogens is 364 g/mol. The summed E-state index contributed by atoms with van der Waals surface area (Å²) in [5.74, 6) is 0.882. The molecule has 0 aliphatic carbocycles. The van der Waals surface area contributed by atoms with Gasteiger partial charge >= 0.3 is 0 Å². The molecule has 0 atom stereocenters. The van der Waals surface area contributed by atoms with Gasteiger partial charge in [0.2, 0.25) is 17.6 Å². The lowest BCUT2D eigenvalue weighted by Gasteiger charge is -2.13.